The lowest BCUT2D eigenvalue weighted by Gasteiger charge is -2.09. The minimum atomic E-state index is 0.873. The molecule has 0 atom stereocenters. The number of aromatic nitrogens is 6. The Balaban J connectivity index is 1.02. The molecule has 0 saturated heterocycles. The third kappa shape index (κ3) is 8.15. The fourth-order valence-corrected chi connectivity index (χ4v) is 6.65. The number of unbranched alkanes of at least 4 members (excludes halogenated alkanes) is 3. The van der Waals surface area contributed by atoms with Gasteiger partial charge in [-0.2, -0.15) is 0 Å². The van der Waals surface area contributed by atoms with Crippen molar-refractivity contribution < 1.29 is 0 Å². The van der Waals surface area contributed by atoms with Crippen molar-refractivity contribution in [3.8, 4) is 45.6 Å². The lowest BCUT2D eigenvalue weighted by atomic mass is 10.2. The molecule has 0 radical (unpaired) electrons. The lowest BCUT2D eigenvalue weighted by Crippen LogP contribution is -1.94. The lowest BCUT2D eigenvalue weighted by molar-refractivity contribution is 0.711. The van der Waals surface area contributed by atoms with Crippen molar-refractivity contribution in [1.29, 1.82) is 0 Å². The van der Waals surface area contributed by atoms with Crippen molar-refractivity contribution in [1.82, 2.24) is 29.9 Å². The number of pyridine rings is 6. The molecule has 0 aromatic carbocycles. The molecule has 6 aromatic rings. The second kappa shape index (κ2) is 15.4. The van der Waals surface area contributed by atoms with Crippen molar-refractivity contribution in [3.05, 3.63) is 122 Å². The maximum absolute atomic E-state index is 4.87. The maximum Gasteiger partial charge on any atom is 0.0905 e. The number of hydrogen-bond acceptors (Lipinski definition) is 8. The Labute approximate surface area is 266 Å². The molecule has 8 heteroatoms. The second-order valence-electron chi connectivity index (χ2n) is 10.1. The third-order valence-electron chi connectivity index (χ3n) is 6.88. The van der Waals surface area contributed by atoms with Gasteiger partial charge < -0.3 is 0 Å². The molecule has 6 aromatic heterocycles. The zero-order valence-corrected chi connectivity index (χ0v) is 25.9. The van der Waals surface area contributed by atoms with Crippen LogP contribution in [-0.2, 0) is 0 Å². The highest BCUT2D eigenvalue weighted by atomic mass is 32.2. The number of nitrogens with zero attached hydrogens (tertiary/aromatic N) is 6. The highest BCUT2D eigenvalue weighted by Gasteiger charge is 2.11. The summed E-state index contributed by atoms with van der Waals surface area (Å²) in [5, 5.41) is 0. The molecule has 6 heterocycles. The summed E-state index contributed by atoms with van der Waals surface area (Å²) in [6.07, 6.45) is 12.0. The molecular formula is C36H32N6S2. The van der Waals surface area contributed by atoms with Gasteiger partial charge >= 0.3 is 0 Å². The molecule has 0 aliphatic heterocycles. The first kappa shape index (κ1) is 29.7. The van der Waals surface area contributed by atoms with Gasteiger partial charge in [0.05, 0.1) is 45.6 Å². The molecule has 0 bridgehead atoms. The van der Waals surface area contributed by atoms with Crippen molar-refractivity contribution in [2.75, 3.05) is 11.5 Å². The van der Waals surface area contributed by atoms with Crippen LogP contribution in [0.1, 0.15) is 25.7 Å². The van der Waals surface area contributed by atoms with Crippen LogP contribution in [0.2, 0.25) is 0 Å². The Bertz CT molecular complexity index is 1510. The quantitative estimate of drug-likeness (QED) is 0.0944. The summed E-state index contributed by atoms with van der Waals surface area (Å²) in [7, 11) is 0. The summed E-state index contributed by atoms with van der Waals surface area (Å²) in [6, 6.07) is 32.3. The highest BCUT2D eigenvalue weighted by Crippen LogP contribution is 2.31. The summed E-state index contributed by atoms with van der Waals surface area (Å²) in [4.78, 5) is 30.2. The van der Waals surface area contributed by atoms with E-state index in [2.05, 4.69) is 44.2 Å². The molecule has 6 rings (SSSR count). The number of rotatable bonds is 13. The van der Waals surface area contributed by atoms with E-state index in [4.69, 9.17) is 9.97 Å². The zero-order valence-electron chi connectivity index (χ0n) is 24.3. The van der Waals surface area contributed by atoms with E-state index in [0.717, 1.165) is 57.1 Å². The zero-order chi connectivity index (χ0) is 29.8. The Morgan fingerprint density at radius 1 is 0.364 bits per heavy atom. The Hall–Kier alpha value is -4.40. The van der Waals surface area contributed by atoms with Gasteiger partial charge in [0.1, 0.15) is 0 Å². The molecule has 218 valence electrons. The van der Waals surface area contributed by atoms with Crippen LogP contribution in [0.3, 0.4) is 0 Å². The standard InChI is InChI=1S/C36H32N6S2/c1(11-21-43-27-23-33(29-13-3-7-17-37-29)41-34(24-27)30-14-4-8-18-38-30)2-12-22-44-28-25-35(31-15-5-9-19-39-31)42-36(26-28)32-16-6-10-20-40-32/h3-10,13-20,23-26H,1-2,11-12,21-22H2. The molecular weight excluding hydrogens is 581 g/mol. The van der Waals surface area contributed by atoms with Crippen LogP contribution in [0.5, 0.6) is 0 Å². The predicted octanol–water partition coefficient (Wildman–Crippen LogP) is 9.17. The molecule has 0 fully saturated rings. The largest absolute Gasteiger partial charge is 0.255 e. The molecule has 0 aliphatic rings. The van der Waals surface area contributed by atoms with E-state index in [1.165, 1.54) is 35.5 Å². The summed E-state index contributed by atoms with van der Waals surface area (Å²) in [6.45, 7) is 0. The first-order chi connectivity index (χ1) is 21.8. The van der Waals surface area contributed by atoms with Gasteiger partial charge in [0, 0.05) is 34.6 Å². The number of hydrogen-bond donors (Lipinski definition) is 0. The van der Waals surface area contributed by atoms with E-state index >= 15 is 0 Å². The Morgan fingerprint density at radius 2 is 0.682 bits per heavy atom. The van der Waals surface area contributed by atoms with Gasteiger partial charge in [0.2, 0.25) is 0 Å². The molecule has 0 unspecified atom stereocenters. The first-order valence-electron chi connectivity index (χ1n) is 14.8. The van der Waals surface area contributed by atoms with Crippen LogP contribution in [0, 0.1) is 0 Å². The van der Waals surface area contributed by atoms with E-state index in [9.17, 15) is 0 Å². The van der Waals surface area contributed by atoms with E-state index in [-0.39, 0.29) is 0 Å². The molecule has 6 nitrogen and oxygen atoms in total. The smallest absolute Gasteiger partial charge is 0.0905 e. The van der Waals surface area contributed by atoms with Crippen molar-refractivity contribution in [2.24, 2.45) is 0 Å². The topological polar surface area (TPSA) is 77.3 Å². The first-order valence-corrected chi connectivity index (χ1v) is 16.7. The summed E-state index contributed by atoms with van der Waals surface area (Å²) in [5.74, 6) is 2.12. The molecule has 0 aliphatic carbocycles. The average Bonchev–Trinajstić information content (AvgIpc) is 3.10. The van der Waals surface area contributed by atoms with Gasteiger partial charge in [-0.15, -0.1) is 23.5 Å². The summed E-state index contributed by atoms with van der Waals surface area (Å²) >= 11 is 3.76. The maximum atomic E-state index is 4.87. The van der Waals surface area contributed by atoms with Crippen molar-refractivity contribution >= 4 is 23.5 Å². The van der Waals surface area contributed by atoms with E-state index in [1.807, 2.05) is 121 Å². The van der Waals surface area contributed by atoms with Gasteiger partial charge in [-0.3, -0.25) is 19.9 Å². The van der Waals surface area contributed by atoms with Crippen LogP contribution in [0.25, 0.3) is 45.6 Å². The monoisotopic (exact) mass is 612 g/mol. The predicted molar refractivity (Wildman–Crippen MR) is 181 cm³/mol. The van der Waals surface area contributed by atoms with Crippen molar-refractivity contribution in [2.45, 2.75) is 35.5 Å². The summed E-state index contributed by atoms with van der Waals surface area (Å²) in [5.41, 5.74) is 7.00. The minimum absolute atomic E-state index is 0.873. The van der Waals surface area contributed by atoms with Gasteiger partial charge in [0.15, 0.2) is 0 Å². The van der Waals surface area contributed by atoms with Crippen LogP contribution in [-0.4, -0.2) is 41.4 Å². The Morgan fingerprint density at radius 3 is 0.955 bits per heavy atom. The molecule has 0 amide bonds. The SMILES string of the molecule is c1ccc(-c2cc(SCCCCCCSc3cc(-c4ccccn4)nc(-c4ccccn4)c3)cc(-c3ccccn3)n2)nc1. The van der Waals surface area contributed by atoms with Crippen LogP contribution in [0.4, 0.5) is 0 Å². The average molecular weight is 613 g/mol. The van der Waals surface area contributed by atoms with Gasteiger partial charge in [-0.05, 0) is 97.1 Å². The van der Waals surface area contributed by atoms with Crippen LogP contribution >= 0.6 is 23.5 Å². The fourth-order valence-electron chi connectivity index (χ4n) is 4.70. The fraction of sp³-hybridized carbons (Fsp3) is 0.167. The Kier molecular flexibility index (Phi) is 10.4. The van der Waals surface area contributed by atoms with Crippen molar-refractivity contribution in [3.63, 3.8) is 0 Å². The van der Waals surface area contributed by atoms with Crippen LogP contribution < -0.4 is 0 Å². The second-order valence-corrected chi connectivity index (χ2v) is 12.5. The van der Waals surface area contributed by atoms with Gasteiger partial charge in [-0.25, -0.2) is 9.97 Å². The normalized spacial score (nSPS) is 11.0. The molecule has 0 saturated carbocycles. The summed E-state index contributed by atoms with van der Waals surface area (Å²) < 4.78 is 0. The highest BCUT2D eigenvalue weighted by molar-refractivity contribution is 7.99. The third-order valence-corrected chi connectivity index (χ3v) is 9.01. The van der Waals surface area contributed by atoms with Gasteiger partial charge in [-0.1, -0.05) is 37.1 Å². The van der Waals surface area contributed by atoms with Crippen LogP contribution in [0.15, 0.2) is 132 Å². The molecule has 44 heavy (non-hydrogen) atoms. The molecule has 0 spiro atoms. The number of thioether (sulfide) groups is 2. The molecule has 0 N–H and O–H groups in total. The van der Waals surface area contributed by atoms with E-state index in [1.54, 1.807) is 0 Å². The van der Waals surface area contributed by atoms with E-state index < -0.39 is 0 Å². The van der Waals surface area contributed by atoms with Gasteiger partial charge in [0.25, 0.3) is 0 Å². The van der Waals surface area contributed by atoms with E-state index in [0.29, 0.717) is 0 Å². The minimum Gasteiger partial charge on any atom is -0.255 e.